The Bertz CT molecular complexity index is 456. The van der Waals surface area contributed by atoms with E-state index in [0.29, 0.717) is 17.1 Å². The van der Waals surface area contributed by atoms with Gasteiger partial charge in [0.05, 0.1) is 19.8 Å². The lowest BCUT2D eigenvalue weighted by Crippen LogP contribution is -2.47. The van der Waals surface area contributed by atoms with Crippen LogP contribution in [0.1, 0.15) is 43.0 Å². The number of carbonyl (C=O) groups excluding carboxylic acids is 1. The lowest BCUT2D eigenvalue weighted by molar-refractivity contribution is 0.0857. The highest BCUT2D eigenvalue weighted by Crippen LogP contribution is 2.31. The van der Waals surface area contributed by atoms with Crippen molar-refractivity contribution in [1.82, 2.24) is 5.32 Å². The predicted molar refractivity (Wildman–Crippen MR) is 78.8 cm³/mol. The number of ketones is 1. The SMILES string of the molecule is CCCC1(C(=O)c2cc(OC)cc(OC)c2)CCCN1. The van der Waals surface area contributed by atoms with Crippen molar-refractivity contribution < 1.29 is 14.3 Å². The third-order valence-corrected chi connectivity index (χ3v) is 3.97. The fourth-order valence-corrected chi connectivity index (χ4v) is 2.97. The maximum Gasteiger partial charge on any atom is 0.183 e. The van der Waals surface area contributed by atoms with Gasteiger partial charge in [0.15, 0.2) is 5.78 Å². The minimum absolute atomic E-state index is 0.147. The molecule has 20 heavy (non-hydrogen) atoms. The molecule has 1 aromatic rings. The van der Waals surface area contributed by atoms with E-state index in [1.54, 1.807) is 32.4 Å². The molecule has 1 aromatic carbocycles. The van der Waals surface area contributed by atoms with E-state index in [-0.39, 0.29) is 5.78 Å². The first-order valence-electron chi connectivity index (χ1n) is 7.18. The molecule has 0 saturated carbocycles. The number of Topliss-reactive ketones (excluding diaryl/α,β-unsaturated/α-hetero) is 1. The van der Waals surface area contributed by atoms with Crippen LogP contribution in [0.3, 0.4) is 0 Å². The Morgan fingerprint density at radius 1 is 1.25 bits per heavy atom. The van der Waals surface area contributed by atoms with Gasteiger partial charge in [0.1, 0.15) is 11.5 Å². The summed E-state index contributed by atoms with van der Waals surface area (Å²) in [6.45, 7) is 3.02. The standard InChI is InChI=1S/C16H23NO3/c1-4-6-16(7-5-8-17-16)15(18)12-9-13(19-2)11-14(10-12)20-3/h9-11,17H,4-8H2,1-3H3. The summed E-state index contributed by atoms with van der Waals surface area (Å²) in [6, 6.07) is 5.37. The van der Waals surface area contributed by atoms with Gasteiger partial charge in [-0.15, -0.1) is 0 Å². The number of nitrogens with one attached hydrogen (secondary N) is 1. The number of hydrogen-bond acceptors (Lipinski definition) is 4. The summed E-state index contributed by atoms with van der Waals surface area (Å²) < 4.78 is 10.5. The highest BCUT2D eigenvalue weighted by atomic mass is 16.5. The predicted octanol–water partition coefficient (Wildman–Crippen LogP) is 2.81. The average molecular weight is 277 g/mol. The molecule has 110 valence electrons. The summed E-state index contributed by atoms with van der Waals surface area (Å²) in [5.41, 5.74) is 0.246. The van der Waals surface area contributed by atoms with Gasteiger partial charge in [-0.1, -0.05) is 13.3 Å². The molecule has 0 amide bonds. The third-order valence-electron chi connectivity index (χ3n) is 3.97. The molecule has 1 aliphatic heterocycles. The molecule has 4 nitrogen and oxygen atoms in total. The molecule has 1 heterocycles. The Kier molecular flexibility index (Phi) is 4.65. The quantitative estimate of drug-likeness (QED) is 0.812. The van der Waals surface area contributed by atoms with Gasteiger partial charge in [0, 0.05) is 11.6 Å². The minimum Gasteiger partial charge on any atom is -0.497 e. The largest absolute Gasteiger partial charge is 0.497 e. The van der Waals surface area contributed by atoms with E-state index in [0.717, 1.165) is 32.2 Å². The first-order chi connectivity index (χ1) is 9.65. The highest BCUT2D eigenvalue weighted by molar-refractivity contribution is 6.04. The smallest absolute Gasteiger partial charge is 0.183 e. The number of hydrogen-bond donors (Lipinski definition) is 1. The maximum absolute atomic E-state index is 12.9. The minimum atomic E-state index is -0.411. The van der Waals surface area contributed by atoms with Crippen molar-refractivity contribution >= 4 is 5.78 Å². The number of carbonyl (C=O) groups is 1. The van der Waals surface area contributed by atoms with Crippen molar-refractivity contribution in [1.29, 1.82) is 0 Å². The van der Waals surface area contributed by atoms with E-state index in [4.69, 9.17) is 9.47 Å². The number of ether oxygens (including phenoxy) is 2. The van der Waals surface area contributed by atoms with Gasteiger partial charge in [-0.2, -0.15) is 0 Å². The fourth-order valence-electron chi connectivity index (χ4n) is 2.97. The van der Waals surface area contributed by atoms with Gasteiger partial charge in [-0.25, -0.2) is 0 Å². The van der Waals surface area contributed by atoms with E-state index >= 15 is 0 Å². The van der Waals surface area contributed by atoms with Gasteiger partial charge in [0.25, 0.3) is 0 Å². The molecule has 4 heteroatoms. The fraction of sp³-hybridized carbons (Fsp3) is 0.562. The van der Waals surface area contributed by atoms with Crippen LogP contribution >= 0.6 is 0 Å². The van der Waals surface area contributed by atoms with Crippen molar-refractivity contribution in [3.8, 4) is 11.5 Å². The van der Waals surface area contributed by atoms with Crippen molar-refractivity contribution in [2.24, 2.45) is 0 Å². The van der Waals surface area contributed by atoms with Gasteiger partial charge < -0.3 is 14.8 Å². The summed E-state index contributed by atoms with van der Waals surface area (Å²) in [4.78, 5) is 12.9. The third kappa shape index (κ3) is 2.80. The second-order valence-corrected chi connectivity index (χ2v) is 5.29. The molecule has 0 aromatic heterocycles. The molecule has 0 radical (unpaired) electrons. The zero-order valence-corrected chi connectivity index (χ0v) is 12.5. The molecule has 1 aliphatic rings. The Balaban J connectivity index is 2.36. The van der Waals surface area contributed by atoms with Crippen molar-refractivity contribution in [3.63, 3.8) is 0 Å². The zero-order valence-electron chi connectivity index (χ0n) is 12.5. The number of methoxy groups -OCH3 is 2. The Morgan fingerprint density at radius 3 is 2.35 bits per heavy atom. The van der Waals surface area contributed by atoms with Gasteiger partial charge in [-0.05, 0) is 37.9 Å². The average Bonchev–Trinajstić information content (AvgIpc) is 2.96. The van der Waals surface area contributed by atoms with Crippen LogP contribution in [0.5, 0.6) is 11.5 Å². The number of rotatable bonds is 6. The monoisotopic (exact) mass is 277 g/mol. The van der Waals surface area contributed by atoms with E-state index < -0.39 is 5.54 Å². The molecule has 2 rings (SSSR count). The molecule has 0 spiro atoms. The summed E-state index contributed by atoms with van der Waals surface area (Å²) in [5.74, 6) is 1.45. The normalized spacial score (nSPS) is 21.8. The van der Waals surface area contributed by atoms with Crippen LogP contribution in [-0.2, 0) is 0 Å². The maximum atomic E-state index is 12.9. The van der Waals surface area contributed by atoms with Crippen LogP contribution in [0.15, 0.2) is 18.2 Å². The molecular weight excluding hydrogens is 254 g/mol. The van der Waals surface area contributed by atoms with Gasteiger partial charge in [0.2, 0.25) is 0 Å². The number of benzene rings is 1. The van der Waals surface area contributed by atoms with Crippen molar-refractivity contribution in [2.45, 2.75) is 38.1 Å². The Labute approximate surface area is 120 Å². The lowest BCUT2D eigenvalue weighted by atomic mass is 9.84. The van der Waals surface area contributed by atoms with Crippen LogP contribution in [-0.4, -0.2) is 32.1 Å². The molecule has 0 aliphatic carbocycles. The van der Waals surface area contributed by atoms with Crippen LogP contribution in [0.25, 0.3) is 0 Å². The van der Waals surface area contributed by atoms with E-state index in [1.165, 1.54) is 0 Å². The van der Waals surface area contributed by atoms with Crippen LogP contribution < -0.4 is 14.8 Å². The molecular formula is C16H23NO3. The topological polar surface area (TPSA) is 47.6 Å². The van der Waals surface area contributed by atoms with Crippen LogP contribution in [0.2, 0.25) is 0 Å². The first kappa shape index (κ1) is 14.9. The summed E-state index contributed by atoms with van der Waals surface area (Å²) in [5, 5.41) is 3.41. The summed E-state index contributed by atoms with van der Waals surface area (Å²) in [6.07, 6.45) is 3.80. The Morgan fingerprint density at radius 2 is 1.90 bits per heavy atom. The summed E-state index contributed by atoms with van der Waals surface area (Å²) >= 11 is 0. The van der Waals surface area contributed by atoms with Crippen LogP contribution in [0, 0.1) is 0 Å². The first-order valence-corrected chi connectivity index (χ1v) is 7.18. The second-order valence-electron chi connectivity index (χ2n) is 5.29. The molecule has 0 bridgehead atoms. The van der Waals surface area contributed by atoms with E-state index in [9.17, 15) is 4.79 Å². The van der Waals surface area contributed by atoms with Crippen molar-refractivity contribution in [3.05, 3.63) is 23.8 Å². The molecule has 1 atom stereocenters. The molecule has 1 fully saturated rings. The van der Waals surface area contributed by atoms with E-state index in [2.05, 4.69) is 12.2 Å². The molecule has 1 N–H and O–H groups in total. The highest BCUT2D eigenvalue weighted by Gasteiger charge is 2.40. The second kappa shape index (κ2) is 6.27. The van der Waals surface area contributed by atoms with Gasteiger partial charge >= 0.3 is 0 Å². The lowest BCUT2D eigenvalue weighted by Gasteiger charge is -2.28. The van der Waals surface area contributed by atoms with Crippen molar-refractivity contribution in [2.75, 3.05) is 20.8 Å². The zero-order chi connectivity index (χ0) is 14.6. The van der Waals surface area contributed by atoms with Gasteiger partial charge in [-0.3, -0.25) is 4.79 Å². The Hall–Kier alpha value is -1.55. The molecule has 1 unspecified atom stereocenters. The van der Waals surface area contributed by atoms with Crippen LogP contribution in [0.4, 0.5) is 0 Å². The van der Waals surface area contributed by atoms with E-state index in [1.807, 2.05) is 0 Å². The summed E-state index contributed by atoms with van der Waals surface area (Å²) in [7, 11) is 3.19. The molecule has 1 saturated heterocycles.